The first-order chi connectivity index (χ1) is 7.81. The number of hydrogen-bond donors (Lipinski definition) is 1. The summed E-state index contributed by atoms with van der Waals surface area (Å²) >= 11 is 0. The van der Waals surface area contributed by atoms with E-state index in [2.05, 4.69) is 17.3 Å². The quantitative estimate of drug-likeness (QED) is 0.789. The van der Waals surface area contributed by atoms with Crippen molar-refractivity contribution in [2.45, 2.75) is 51.0 Å². The second kappa shape index (κ2) is 5.67. The molecule has 3 nitrogen and oxygen atoms in total. The number of amides is 1. The van der Waals surface area contributed by atoms with Gasteiger partial charge in [0.1, 0.15) is 0 Å². The third kappa shape index (κ3) is 2.76. The van der Waals surface area contributed by atoms with Crippen LogP contribution in [-0.2, 0) is 4.79 Å². The fraction of sp³-hybridized carbons (Fsp3) is 0.923. The van der Waals surface area contributed by atoms with Crippen LogP contribution in [0.4, 0.5) is 0 Å². The number of piperidine rings is 1. The zero-order valence-electron chi connectivity index (χ0n) is 10.4. The summed E-state index contributed by atoms with van der Waals surface area (Å²) in [6, 6.07) is 0.694. The van der Waals surface area contributed by atoms with Crippen LogP contribution in [0.25, 0.3) is 0 Å². The first-order valence-corrected chi connectivity index (χ1v) is 6.76. The van der Waals surface area contributed by atoms with Crippen molar-refractivity contribution in [1.29, 1.82) is 0 Å². The van der Waals surface area contributed by atoms with Crippen LogP contribution in [-0.4, -0.2) is 37.0 Å². The molecule has 1 saturated carbocycles. The largest absolute Gasteiger partial charge is 0.343 e. The molecular weight excluding hydrogens is 200 g/mol. The summed E-state index contributed by atoms with van der Waals surface area (Å²) in [5, 5.41) is 3.41. The number of nitrogens with one attached hydrogen (secondary N) is 1. The third-order valence-electron chi connectivity index (χ3n) is 4.22. The van der Waals surface area contributed by atoms with Gasteiger partial charge in [0.25, 0.3) is 0 Å². The highest BCUT2D eigenvalue weighted by Crippen LogP contribution is 2.28. The Bertz CT molecular complexity index is 242. The van der Waals surface area contributed by atoms with Crippen molar-refractivity contribution < 1.29 is 4.79 Å². The van der Waals surface area contributed by atoms with Crippen LogP contribution < -0.4 is 5.32 Å². The highest BCUT2D eigenvalue weighted by molar-refractivity contribution is 5.76. The smallest absolute Gasteiger partial charge is 0.222 e. The molecule has 3 heteroatoms. The van der Waals surface area contributed by atoms with Gasteiger partial charge in [0.2, 0.25) is 5.91 Å². The van der Waals surface area contributed by atoms with Crippen molar-refractivity contribution in [2.75, 3.05) is 20.1 Å². The van der Waals surface area contributed by atoms with Gasteiger partial charge in [-0.25, -0.2) is 0 Å². The van der Waals surface area contributed by atoms with Gasteiger partial charge >= 0.3 is 0 Å². The molecule has 1 saturated heterocycles. The summed E-state index contributed by atoms with van der Waals surface area (Å²) in [4.78, 5) is 13.7. The van der Waals surface area contributed by atoms with E-state index in [0.29, 0.717) is 11.9 Å². The van der Waals surface area contributed by atoms with Crippen molar-refractivity contribution in [3.63, 3.8) is 0 Å². The zero-order chi connectivity index (χ0) is 11.4. The van der Waals surface area contributed by atoms with Gasteiger partial charge in [-0.3, -0.25) is 4.79 Å². The van der Waals surface area contributed by atoms with Gasteiger partial charge in [-0.2, -0.15) is 0 Å². The summed E-state index contributed by atoms with van der Waals surface area (Å²) in [6.07, 6.45) is 8.27. The second-order valence-electron chi connectivity index (χ2n) is 5.21. The summed E-state index contributed by atoms with van der Waals surface area (Å²) in [5.74, 6) is 1.17. The molecule has 0 aromatic carbocycles. The number of carbonyl (C=O) groups is 1. The molecule has 1 amide bonds. The molecule has 2 atom stereocenters. The van der Waals surface area contributed by atoms with E-state index in [1.165, 1.54) is 32.1 Å². The predicted octanol–water partition coefficient (Wildman–Crippen LogP) is 1.78. The fourth-order valence-corrected chi connectivity index (χ4v) is 3.18. The number of carbonyl (C=O) groups excluding carboxylic acids is 1. The molecule has 0 radical (unpaired) electrons. The van der Waals surface area contributed by atoms with E-state index in [0.717, 1.165) is 31.8 Å². The van der Waals surface area contributed by atoms with Crippen LogP contribution in [0.5, 0.6) is 0 Å². The minimum absolute atomic E-state index is 0.380. The summed E-state index contributed by atoms with van der Waals surface area (Å²) in [6.45, 7) is 1.98. The lowest BCUT2D eigenvalue weighted by Gasteiger charge is -2.29. The van der Waals surface area contributed by atoms with Crippen molar-refractivity contribution >= 4 is 5.91 Å². The maximum absolute atomic E-state index is 11.7. The number of nitrogens with zero attached hydrogens (tertiary/aromatic N) is 1. The van der Waals surface area contributed by atoms with Crippen molar-refractivity contribution in [2.24, 2.45) is 5.92 Å². The lowest BCUT2D eigenvalue weighted by Crippen LogP contribution is -2.38. The molecule has 0 aromatic heterocycles. The van der Waals surface area contributed by atoms with Crippen molar-refractivity contribution in [1.82, 2.24) is 10.2 Å². The molecule has 2 rings (SSSR count). The highest BCUT2D eigenvalue weighted by atomic mass is 16.2. The second-order valence-corrected chi connectivity index (χ2v) is 5.21. The molecule has 2 unspecified atom stereocenters. The van der Waals surface area contributed by atoms with Crippen LogP contribution in [0.3, 0.4) is 0 Å². The topological polar surface area (TPSA) is 32.3 Å². The molecule has 1 N–H and O–H groups in total. The van der Waals surface area contributed by atoms with Gasteiger partial charge in [-0.05, 0) is 45.1 Å². The van der Waals surface area contributed by atoms with Gasteiger partial charge < -0.3 is 10.2 Å². The van der Waals surface area contributed by atoms with Crippen LogP contribution in [0.15, 0.2) is 0 Å². The van der Waals surface area contributed by atoms with E-state index in [9.17, 15) is 4.79 Å². The van der Waals surface area contributed by atoms with E-state index >= 15 is 0 Å². The van der Waals surface area contributed by atoms with E-state index in [4.69, 9.17) is 0 Å². The Morgan fingerprint density at radius 2 is 2.19 bits per heavy atom. The standard InChI is InChI=1S/C13H24N2O/c1-14-12-6-4-5-11(12)8-10-15-9-3-2-7-13(15)16/h11-12,14H,2-10H2,1H3. The molecule has 1 aliphatic carbocycles. The first-order valence-electron chi connectivity index (χ1n) is 6.76. The van der Waals surface area contributed by atoms with E-state index in [1.54, 1.807) is 0 Å². The molecular formula is C13H24N2O. The predicted molar refractivity (Wildman–Crippen MR) is 65.2 cm³/mol. The van der Waals surface area contributed by atoms with Crippen LogP contribution in [0.2, 0.25) is 0 Å². The minimum Gasteiger partial charge on any atom is -0.343 e. The molecule has 92 valence electrons. The van der Waals surface area contributed by atoms with Crippen LogP contribution in [0.1, 0.15) is 44.9 Å². The molecule has 0 bridgehead atoms. The van der Waals surface area contributed by atoms with Crippen molar-refractivity contribution in [3.8, 4) is 0 Å². The van der Waals surface area contributed by atoms with Gasteiger partial charge in [0.05, 0.1) is 0 Å². The van der Waals surface area contributed by atoms with Crippen LogP contribution in [0, 0.1) is 5.92 Å². The Morgan fingerprint density at radius 3 is 2.94 bits per heavy atom. The number of likely N-dealkylation sites (tertiary alicyclic amines) is 1. The molecule has 2 fully saturated rings. The minimum atomic E-state index is 0.380. The van der Waals surface area contributed by atoms with E-state index in [-0.39, 0.29) is 0 Å². The third-order valence-corrected chi connectivity index (χ3v) is 4.22. The molecule has 1 aliphatic heterocycles. The van der Waals surface area contributed by atoms with Crippen LogP contribution >= 0.6 is 0 Å². The van der Waals surface area contributed by atoms with Gasteiger partial charge in [-0.15, -0.1) is 0 Å². The van der Waals surface area contributed by atoms with E-state index in [1.807, 2.05) is 0 Å². The molecule has 1 heterocycles. The Balaban J connectivity index is 1.75. The maximum atomic E-state index is 11.7. The zero-order valence-corrected chi connectivity index (χ0v) is 10.4. The molecule has 0 aromatic rings. The lowest BCUT2D eigenvalue weighted by molar-refractivity contribution is -0.133. The monoisotopic (exact) mass is 224 g/mol. The summed E-state index contributed by atoms with van der Waals surface area (Å²) < 4.78 is 0. The maximum Gasteiger partial charge on any atom is 0.222 e. The normalized spacial score (nSPS) is 31.1. The average molecular weight is 224 g/mol. The SMILES string of the molecule is CNC1CCCC1CCN1CCCCC1=O. The average Bonchev–Trinajstić information content (AvgIpc) is 2.75. The summed E-state index contributed by atoms with van der Waals surface area (Å²) in [7, 11) is 2.06. The number of rotatable bonds is 4. The Kier molecular flexibility index (Phi) is 4.22. The molecule has 16 heavy (non-hydrogen) atoms. The van der Waals surface area contributed by atoms with Crippen molar-refractivity contribution in [3.05, 3.63) is 0 Å². The molecule has 0 spiro atoms. The number of hydrogen-bond acceptors (Lipinski definition) is 2. The summed E-state index contributed by atoms with van der Waals surface area (Å²) in [5.41, 5.74) is 0. The fourth-order valence-electron chi connectivity index (χ4n) is 3.18. The van der Waals surface area contributed by atoms with E-state index < -0.39 is 0 Å². The highest BCUT2D eigenvalue weighted by Gasteiger charge is 2.27. The first kappa shape index (κ1) is 11.9. The Morgan fingerprint density at radius 1 is 1.31 bits per heavy atom. The molecule has 2 aliphatic rings. The lowest BCUT2D eigenvalue weighted by atomic mass is 9.98. The van der Waals surface area contributed by atoms with Gasteiger partial charge in [0, 0.05) is 25.6 Å². The Labute approximate surface area is 98.6 Å². The van der Waals surface area contributed by atoms with Gasteiger partial charge in [0.15, 0.2) is 0 Å². The van der Waals surface area contributed by atoms with Gasteiger partial charge in [-0.1, -0.05) is 6.42 Å². The Hall–Kier alpha value is -0.570.